The normalized spacial score (nSPS) is 21.6. The van der Waals surface area contributed by atoms with Gasteiger partial charge in [0.2, 0.25) is 17.7 Å². The highest BCUT2D eigenvalue weighted by Gasteiger charge is 2.21. The molecule has 4 N–H and O–H groups in total. The Morgan fingerprint density at radius 1 is 1.12 bits per heavy atom. The summed E-state index contributed by atoms with van der Waals surface area (Å²) in [6.07, 6.45) is 0. The molecule has 3 rings (SSSR count). The molecule has 0 saturated carbocycles. The molecule has 3 atom stereocenters. The molecule has 2 heterocycles. The first-order valence-corrected chi connectivity index (χ1v) is 9.32. The van der Waals surface area contributed by atoms with E-state index >= 15 is 0 Å². The van der Waals surface area contributed by atoms with Crippen LogP contribution in [0.3, 0.4) is 0 Å². The van der Waals surface area contributed by atoms with Gasteiger partial charge in [0, 0.05) is 29.7 Å². The Bertz CT molecular complexity index is 558. The average Bonchev–Trinajstić information content (AvgIpc) is 2.64. The second-order valence-corrected chi connectivity index (χ2v) is 7.31. The highest BCUT2D eigenvalue weighted by molar-refractivity contribution is 7.99. The number of β-lactam (4-membered cyclic amide) rings is 2. The summed E-state index contributed by atoms with van der Waals surface area (Å²) in [6.45, 7) is 7.42. The molecule has 25 heavy (non-hydrogen) atoms. The Labute approximate surface area is 153 Å². The molecule has 1 aromatic carbocycles. The minimum atomic E-state index is -0.233. The van der Waals surface area contributed by atoms with Crippen molar-refractivity contribution < 1.29 is 14.4 Å². The first kappa shape index (κ1) is 21.0. The van der Waals surface area contributed by atoms with Crippen LogP contribution < -0.4 is 16.4 Å². The van der Waals surface area contributed by atoms with Crippen molar-refractivity contribution in [1.29, 1.82) is 0 Å². The van der Waals surface area contributed by atoms with Crippen LogP contribution in [-0.2, 0) is 14.4 Å². The van der Waals surface area contributed by atoms with Crippen molar-refractivity contribution in [2.75, 3.05) is 18.8 Å². The maximum absolute atomic E-state index is 10.7. The van der Waals surface area contributed by atoms with Crippen LogP contribution >= 0.6 is 11.8 Å². The first-order chi connectivity index (χ1) is 11.8. The molecule has 0 aliphatic carbocycles. The number of hydrogen-bond donors (Lipinski definition) is 3. The molecule has 0 bridgehead atoms. The second-order valence-electron chi connectivity index (χ2n) is 6.22. The number of rotatable bonds is 4. The summed E-state index contributed by atoms with van der Waals surface area (Å²) in [5, 5.41) is 5.24. The van der Waals surface area contributed by atoms with Gasteiger partial charge in [0.05, 0.1) is 11.8 Å². The average molecular weight is 365 g/mol. The van der Waals surface area contributed by atoms with E-state index in [1.54, 1.807) is 11.8 Å². The first-order valence-electron chi connectivity index (χ1n) is 8.33. The van der Waals surface area contributed by atoms with Crippen molar-refractivity contribution in [2.24, 2.45) is 23.5 Å². The number of hydrogen-bond acceptors (Lipinski definition) is 4. The third-order valence-corrected chi connectivity index (χ3v) is 5.06. The zero-order chi connectivity index (χ0) is 18.8. The van der Waals surface area contributed by atoms with Crippen LogP contribution in [0.5, 0.6) is 0 Å². The summed E-state index contributed by atoms with van der Waals surface area (Å²) in [5.41, 5.74) is 5.15. The molecule has 1 unspecified atom stereocenters. The number of amides is 3. The Morgan fingerprint density at radius 2 is 1.56 bits per heavy atom. The van der Waals surface area contributed by atoms with Crippen LogP contribution in [0, 0.1) is 17.8 Å². The summed E-state index contributed by atoms with van der Waals surface area (Å²) < 4.78 is 0. The van der Waals surface area contributed by atoms with Crippen LogP contribution in [-0.4, -0.2) is 36.6 Å². The van der Waals surface area contributed by atoms with Crippen molar-refractivity contribution in [1.82, 2.24) is 10.6 Å². The van der Waals surface area contributed by atoms with E-state index in [1.165, 1.54) is 4.90 Å². The summed E-state index contributed by atoms with van der Waals surface area (Å²) >= 11 is 1.66. The third kappa shape index (κ3) is 8.07. The topological polar surface area (TPSA) is 101 Å². The van der Waals surface area contributed by atoms with Gasteiger partial charge in [-0.1, -0.05) is 39.0 Å². The lowest BCUT2D eigenvalue weighted by Gasteiger charge is -2.20. The van der Waals surface area contributed by atoms with Gasteiger partial charge in [0.15, 0.2) is 0 Å². The van der Waals surface area contributed by atoms with Gasteiger partial charge in [-0.2, -0.15) is 0 Å². The highest BCUT2D eigenvalue weighted by atomic mass is 32.2. The van der Waals surface area contributed by atoms with Crippen LogP contribution in [0.4, 0.5) is 0 Å². The molecule has 3 amide bonds. The van der Waals surface area contributed by atoms with Crippen molar-refractivity contribution in [3.05, 3.63) is 30.3 Å². The zero-order valence-corrected chi connectivity index (χ0v) is 15.8. The lowest BCUT2D eigenvalue weighted by atomic mass is 10.1. The van der Waals surface area contributed by atoms with Crippen molar-refractivity contribution in [2.45, 2.75) is 25.7 Å². The van der Waals surface area contributed by atoms with Crippen LogP contribution in [0.2, 0.25) is 0 Å². The minimum absolute atomic E-state index is 0.0646. The molecule has 2 saturated heterocycles. The van der Waals surface area contributed by atoms with E-state index in [-0.39, 0.29) is 35.5 Å². The quantitative estimate of drug-likeness (QED) is 0.554. The van der Waals surface area contributed by atoms with E-state index in [9.17, 15) is 14.4 Å². The summed E-state index contributed by atoms with van der Waals surface area (Å²) in [6, 6.07) is 9.99. The van der Waals surface area contributed by atoms with Crippen molar-refractivity contribution >= 4 is 29.5 Å². The molecule has 0 radical (unpaired) electrons. The van der Waals surface area contributed by atoms with E-state index < -0.39 is 0 Å². The highest BCUT2D eigenvalue weighted by Crippen LogP contribution is 2.19. The molecule has 138 valence electrons. The smallest absolute Gasteiger partial charge is 0.224 e. The fourth-order valence-corrected chi connectivity index (χ4v) is 2.56. The van der Waals surface area contributed by atoms with Gasteiger partial charge in [-0.3, -0.25) is 14.4 Å². The van der Waals surface area contributed by atoms with E-state index in [0.29, 0.717) is 0 Å². The lowest BCUT2D eigenvalue weighted by Crippen LogP contribution is -2.46. The Balaban J connectivity index is 0.000000214. The number of thioether (sulfide) groups is 1. The van der Waals surface area contributed by atoms with Crippen LogP contribution in [0.1, 0.15) is 20.8 Å². The number of primary amides is 1. The lowest BCUT2D eigenvalue weighted by molar-refractivity contribution is -0.131. The van der Waals surface area contributed by atoms with Gasteiger partial charge < -0.3 is 16.4 Å². The Morgan fingerprint density at radius 3 is 1.84 bits per heavy atom. The standard InChI is InChI=1S/C10H13NOS.2C4H7NO/c1-8(10(11)12)7-13-9-5-3-2-4-6-9;2*1-3-2-5-4(3)6/h2-6,8H,7H2,1H3,(H2,11,12);2*3H,2H2,1H3,(H,5,6)/t8-;3-;/m10./s1. The summed E-state index contributed by atoms with van der Waals surface area (Å²) in [7, 11) is 0. The van der Waals surface area contributed by atoms with E-state index in [1.807, 2.05) is 51.1 Å². The molecular formula is C18H27N3O3S. The molecule has 2 aliphatic heterocycles. The molecule has 0 spiro atoms. The second kappa shape index (κ2) is 10.8. The molecule has 6 nitrogen and oxygen atoms in total. The molecule has 1 aromatic rings. The van der Waals surface area contributed by atoms with Gasteiger partial charge in [0.25, 0.3) is 0 Å². The van der Waals surface area contributed by atoms with Crippen LogP contribution in [0.25, 0.3) is 0 Å². The van der Waals surface area contributed by atoms with Crippen molar-refractivity contribution in [3.8, 4) is 0 Å². The van der Waals surface area contributed by atoms with E-state index in [0.717, 1.165) is 18.8 Å². The molecule has 0 aromatic heterocycles. The maximum atomic E-state index is 10.7. The monoisotopic (exact) mass is 365 g/mol. The molecular weight excluding hydrogens is 338 g/mol. The fourth-order valence-electron chi connectivity index (χ4n) is 1.60. The number of carbonyl (C=O) groups is 3. The zero-order valence-electron chi connectivity index (χ0n) is 15.0. The summed E-state index contributed by atoms with van der Waals surface area (Å²) in [4.78, 5) is 32.1. The van der Waals surface area contributed by atoms with E-state index in [4.69, 9.17) is 5.73 Å². The third-order valence-electron chi connectivity index (χ3n) is 3.79. The molecule has 7 heteroatoms. The molecule has 2 fully saturated rings. The van der Waals surface area contributed by atoms with Gasteiger partial charge in [-0.15, -0.1) is 11.8 Å². The predicted octanol–water partition coefficient (Wildman–Crippen LogP) is 1.40. The van der Waals surface area contributed by atoms with Crippen molar-refractivity contribution in [3.63, 3.8) is 0 Å². The van der Waals surface area contributed by atoms with E-state index in [2.05, 4.69) is 10.6 Å². The summed E-state index contributed by atoms with van der Waals surface area (Å²) in [5.74, 6) is 1.40. The molecule has 2 aliphatic rings. The number of nitrogens with two attached hydrogens (primary N) is 1. The fraction of sp³-hybridized carbons (Fsp3) is 0.500. The van der Waals surface area contributed by atoms with Crippen LogP contribution in [0.15, 0.2) is 35.2 Å². The Hall–Kier alpha value is -2.02. The predicted molar refractivity (Wildman–Crippen MR) is 99.9 cm³/mol. The minimum Gasteiger partial charge on any atom is -0.369 e. The number of nitrogens with one attached hydrogen (secondary N) is 2. The number of benzene rings is 1. The van der Waals surface area contributed by atoms with Gasteiger partial charge in [0.1, 0.15) is 0 Å². The Kier molecular flexibility index (Phi) is 9.05. The van der Waals surface area contributed by atoms with Gasteiger partial charge in [-0.25, -0.2) is 0 Å². The maximum Gasteiger partial charge on any atom is 0.224 e. The number of carbonyl (C=O) groups excluding carboxylic acids is 3. The van der Waals surface area contributed by atoms with Gasteiger partial charge in [-0.05, 0) is 12.1 Å². The largest absolute Gasteiger partial charge is 0.369 e. The SMILES string of the molecule is CC1CNC1=O.C[C@H](CSc1ccccc1)C(N)=O.C[C@H]1CNC1=O. The van der Waals surface area contributed by atoms with Gasteiger partial charge >= 0.3 is 0 Å².